The Balaban J connectivity index is 1.96. The first-order chi connectivity index (χ1) is 11.6. The van der Waals surface area contributed by atoms with Crippen molar-refractivity contribution >= 4 is 23.2 Å². The van der Waals surface area contributed by atoms with Crippen molar-refractivity contribution in [1.29, 1.82) is 0 Å². The Labute approximate surface area is 150 Å². The van der Waals surface area contributed by atoms with Gasteiger partial charge in [-0.15, -0.1) is 0 Å². The Kier molecular flexibility index (Phi) is 5.18. The molecule has 0 amide bonds. The topological polar surface area (TPSA) is 57.8 Å². The largest absolute Gasteiger partial charge is 0.374 e. The van der Waals surface area contributed by atoms with Crippen LogP contribution in [0.1, 0.15) is 24.1 Å². The van der Waals surface area contributed by atoms with E-state index in [1.807, 2.05) is 38.4 Å². The van der Waals surface area contributed by atoms with Crippen molar-refractivity contribution in [3.05, 3.63) is 57.9 Å². The lowest BCUT2D eigenvalue weighted by Crippen LogP contribution is -2.04. The predicted molar refractivity (Wildman–Crippen MR) is 92.7 cm³/mol. The van der Waals surface area contributed by atoms with E-state index < -0.39 is 0 Å². The van der Waals surface area contributed by atoms with Crippen molar-refractivity contribution in [2.75, 3.05) is 6.61 Å². The van der Waals surface area contributed by atoms with E-state index in [0.29, 0.717) is 41.3 Å². The SMILES string of the molecule is CCOCc1nc(Cc2c(Cl)cccc2Cl)nn1-c1cnn(C)c1. The minimum absolute atomic E-state index is 0.370. The van der Waals surface area contributed by atoms with Gasteiger partial charge in [0.2, 0.25) is 0 Å². The van der Waals surface area contributed by atoms with E-state index in [0.717, 1.165) is 11.3 Å². The lowest BCUT2D eigenvalue weighted by molar-refractivity contribution is 0.126. The molecule has 24 heavy (non-hydrogen) atoms. The zero-order chi connectivity index (χ0) is 17.1. The monoisotopic (exact) mass is 365 g/mol. The Hall–Kier alpha value is -1.89. The summed E-state index contributed by atoms with van der Waals surface area (Å²) in [6, 6.07) is 5.43. The lowest BCUT2D eigenvalue weighted by atomic mass is 10.1. The average molecular weight is 366 g/mol. The molecule has 2 aromatic heterocycles. The van der Waals surface area contributed by atoms with Gasteiger partial charge in [-0.2, -0.15) is 10.2 Å². The highest BCUT2D eigenvalue weighted by atomic mass is 35.5. The molecule has 8 heteroatoms. The standard InChI is InChI=1S/C16H17Cl2N5O/c1-3-24-10-16-20-15(7-12-13(17)5-4-6-14(12)18)21-23(16)11-8-19-22(2)9-11/h4-6,8-9H,3,7,10H2,1-2H3. The third-order valence-electron chi connectivity index (χ3n) is 3.49. The first-order valence-corrected chi connectivity index (χ1v) is 8.28. The van der Waals surface area contributed by atoms with Crippen LogP contribution in [-0.2, 0) is 24.8 Å². The summed E-state index contributed by atoms with van der Waals surface area (Å²) in [5.41, 5.74) is 1.64. The third-order valence-corrected chi connectivity index (χ3v) is 4.19. The molecule has 0 saturated carbocycles. The summed E-state index contributed by atoms with van der Waals surface area (Å²) in [5.74, 6) is 1.34. The first-order valence-electron chi connectivity index (χ1n) is 7.53. The molecule has 0 N–H and O–H groups in total. The molecule has 0 radical (unpaired) electrons. The Bertz CT molecular complexity index is 823. The van der Waals surface area contributed by atoms with Crippen molar-refractivity contribution in [3.8, 4) is 5.69 Å². The summed E-state index contributed by atoms with van der Waals surface area (Å²) in [7, 11) is 1.85. The summed E-state index contributed by atoms with van der Waals surface area (Å²) in [4.78, 5) is 4.58. The highest BCUT2D eigenvalue weighted by Gasteiger charge is 2.15. The highest BCUT2D eigenvalue weighted by Crippen LogP contribution is 2.26. The second-order valence-electron chi connectivity index (χ2n) is 5.24. The number of hydrogen-bond acceptors (Lipinski definition) is 4. The van der Waals surface area contributed by atoms with E-state index in [2.05, 4.69) is 15.2 Å². The number of benzene rings is 1. The van der Waals surface area contributed by atoms with Crippen LogP contribution in [0, 0.1) is 0 Å². The van der Waals surface area contributed by atoms with Crippen LogP contribution in [0.5, 0.6) is 0 Å². The maximum atomic E-state index is 6.25. The molecule has 0 fully saturated rings. The Morgan fingerprint density at radius 1 is 1.21 bits per heavy atom. The van der Waals surface area contributed by atoms with E-state index in [4.69, 9.17) is 27.9 Å². The number of rotatable bonds is 6. The van der Waals surface area contributed by atoms with Gasteiger partial charge >= 0.3 is 0 Å². The summed E-state index contributed by atoms with van der Waals surface area (Å²) >= 11 is 12.5. The summed E-state index contributed by atoms with van der Waals surface area (Å²) in [5, 5.41) is 9.97. The summed E-state index contributed by atoms with van der Waals surface area (Å²) < 4.78 is 8.95. The number of ether oxygens (including phenoxy) is 1. The molecule has 3 rings (SSSR count). The highest BCUT2D eigenvalue weighted by molar-refractivity contribution is 6.36. The number of aryl methyl sites for hydroxylation is 1. The second kappa shape index (κ2) is 7.34. The smallest absolute Gasteiger partial charge is 0.158 e. The fourth-order valence-electron chi connectivity index (χ4n) is 2.34. The number of hydrogen-bond donors (Lipinski definition) is 0. The predicted octanol–water partition coefficient (Wildman–Crippen LogP) is 3.43. The van der Waals surface area contributed by atoms with Crippen LogP contribution in [0.3, 0.4) is 0 Å². The zero-order valence-electron chi connectivity index (χ0n) is 13.4. The molecular formula is C16H17Cl2N5O. The molecule has 1 aromatic carbocycles. The second-order valence-corrected chi connectivity index (χ2v) is 6.06. The van der Waals surface area contributed by atoms with Gasteiger partial charge in [-0.3, -0.25) is 4.68 Å². The van der Waals surface area contributed by atoms with Crippen molar-refractivity contribution in [1.82, 2.24) is 24.5 Å². The van der Waals surface area contributed by atoms with Gasteiger partial charge in [0.15, 0.2) is 11.6 Å². The van der Waals surface area contributed by atoms with E-state index >= 15 is 0 Å². The minimum Gasteiger partial charge on any atom is -0.374 e. The number of nitrogens with zero attached hydrogens (tertiary/aromatic N) is 5. The number of halogens is 2. The molecule has 0 aliphatic carbocycles. The van der Waals surface area contributed by atoms with Crippen LogP contribution in [0.4, 0.5) is 0 Å². The molecule has 0 spiro atoms. The van der Waals surface area contributed by atoms with Gasteiger partial charge in [-0.25, -0.2) is 9.67 Å². The van der Waals surface area contributed by atoms with Gasteiger partial charge in [-0.05, 0) is 24.6 Å². The van der Waals surface area contributed by atoms with Crippen LogP contribution in [0.15, 0.2) is 30.6 Å². The molecule has 0 atom stereocenters. The van der Waals surface area contributed by atoms with Crippen molar-refractivity contribution in [3.63, 3.8) is 0 Å². The molecule has 3 aromatic rings. The molecule has 2 heterocycles. The minimum atomic E-state index is 0.370. The third kappa shape index (κ3) is 3.61. The quantitative estimate of drug-likeness (QED) is 0.671. The lowest BCUT2D eigenvalue weighted by Gasteiger charge is -2.03. The van der Waals surface area contributed by atoms with Crippen LogP contribution in [-0.4, -0.2) is 31.2 Å². The van der Waals surface area contributed by atoms with Gasteiger partial charge in [0.25, 0.3) is 0 Å². The normalized spacial score (nSPS) is 11.2. The average Bonchev–Trinajstić information content (AvgIpc) is 3.15. The van der Waals surface area contributed by atoms with Crippen LogP contribution >= 0.6 is 23.2 Å². The number of aromatic nitrogens is 5. The van der Waals surface area contributed by atoms with Gasteiger partial charge in [0, 0.05) is 30.1 Å². The van der Waals surface area contributed by atoms with Crippen LogP contribution < -0.4 is 0 Å². The molecule has 0 aliphatic heterocycles. The Morgan fingerprint density at radius 2 is 1.96 bits per heavy atom. The van der Waals surface area contributed by atoms with Crippen molar-refractivity contribution in [2.45, 2.75) is 20.0 Å². The van der Waals surface area contributed by atoms with E-state index in [-0.39, 0.29) is 0 Å². The maximum Gasteiger partial charge on any atom is 0.158 e. The molecule has 6 nitrogen and oxygen atoms in total. The molecule has 0 bridgehead atoms. The maximum absolute atomic E-state index is 6.25. The van der Waals surface area contributed by atoms with E-state index in [1.54, 1.807) is 15.6 Å². The van der Waals surface area contributed by atoms with Crippen LogP contribution in [0.2, 0.25) is 10.0 Å². The fraction of sp³-hybridized carbons (Fsp3) is 0.312. The summed E-state index contributed by atoms with van der Waals surface area (Å²) in [6.07, 6.45) is 4.05. The molecule has 0 saturated heterocycles. The molecule has 0 aliphatic rings. The zero-order valence-corrected chi connectivity index (χ0v) is 14.9. The van der Waals surface area contributed by atoms with E-state index in [9.17, 15) is 0 Å². The van der Waals surface area contributed by atoms with Gasteiger partial charge in [-0.1, -0.05) is 29.3 Å². The Morgan fingerprint density at radius 3 is 2.58 bits per heavy atom. The molecular weight excluding hydrogens is 349 g/mol. The molecule has 0 unspecified atom stereocenters. The van der Waals surface area contributed by atoms with Gasteiger partial charge in [0.1, 0.15) is 12.3 Å². The molecule has 126 valence electrons. The first kappa shape index (κ1) is 17.0. The van der Waals surface area contributed by atoms with Gasteiger partial charge < -0.3 is 4.74 Å². The summed E-state index contributed by atoms with van der Waals surface area (Å²) in [6.45, 7) is 2.91. The fourth-order valence-corrected chi connectivity index (χ4v) is 2.87. The van der Waals surface area contributed by atoms with Crippen molar-refractivity contribution < 1.29 is 4.74 Å². The van der Waals surface area contributed by atoms with Crippen LogP contribution in [0.25, 0.3) is 5.69 Å². The van der Waals surface area contributed by atoms with Crippen molar-refractivity contribution in [2.24, 2.45) is 7.05 Å². The van der Waals surface area contributed by atoms with E-state index in [1.165, 1.54) is 0 Å². The van der Waals surface area contributed by atoms with Gasteiger partial charge in [0.05, 0.1) is 12.4 Å².